The summed E-state index contributed by atoms with van der Waals surface area (Å²) in [7, 11) is 2.24. The Morgan fingerprint density at radius 1 is 1.25 bits per heavy atom. The lowest BCUT2D eigenvalue weighted by Crippen LogP contribution is -2.41. The molecule has 1 saturated carbocycles. The third kappa shape index (κ3) is 4.37. The highest BCUT2D eigenvalue weighted by atomic mass is 16.5. The van der Waals surface area contributed by atoms with Crippen molar-refractivity contribution >= 4 is 0 Å². The molecule has 0 aromatic rings. The maximum absolute atomic E-state index is 5.32. The summed E-state index contributed by atoms with van der Waals surface area (Å²) in [6, 6.07) is 0.890. The molecule has 2 fully saturated rings. The van der Waals surface area contributed by atoms with Gasteiger partial charge in [0.1, 0.15) is 0 Å². The molecule has 0 amide bonds. The monoisotopic (exact) mass is 227 g/mol. The van der Waals surface area contributed by atoms with E-state index in [4.69, 9.17) is 4.74 Å². The van der Waals surface area contributed by atoms with Gasteiger partial charge in [-0.05, 0) is 19.9 Å². The summed E-state index contributed by atoms with van der Waals surface area (Å²) in [4.78, 5) is 4.95. The van der Waals surface area contributed by atoms with Crippen LogP contribution in [0.5, 0.6) is 0 Å². The Morgan fingerprint density at radius 2 is 2.00 bits per heavy atom. The van der Waals surface area contributed by atoms with Crippen LogP contribution in [0.25, 0.3) is 0 Å². The lowest BCUT2D eigenvalue weighted by molar-refractivity contribution is 0.0384. The van der Waals surface area contributed by atoms with Crippen molar-refractivity contribution in [3.63, 3.8) is 0 Å². The van der Waals surface area contributed by atoms with Gasteiger partial charge in [0.25, 0.3) is 0 Å². The van der Waals surface area contributed by atoms with Crippen LogP contribution in [0.15, 0.2) is 0 Å². The number of nitrogens with one attached hydrogen (secondary N) is 1. The van der Waals surface area contributed by atoms with E-state index >= 15 is 0 Å². The first-order valence-corrected chi connectivity index (χ1v) is 6.57. The summed E-state index contributed by atoms with van der Waals surface area (Å²) < 4.78 is 5.32. The molecule has 1 aliphatic carbocycles. The molecule has 0 spiro atoms. The van der Waals surface area contributed by atoms with E-state index in [1.165, 1.54) is 19.4 Å². The summed E-state index contributed by atoms with van der Waals surface area (Å²) in [6.45, 7) is 8.60. The minimum absolute atomic E-state index is 0.890. The molecule has 4 nitrogen and oxygen atoms in total. The lowest BCUT2D eigenvalue weighted by Gasteiger charge is -2.26. The molecule has 1 saturated heterocycles. The van der Waals surface area contributed by atoms with Gasteiger partial charge in [0, 0.05) is 45.3 Å². The van der Waals surface area contributed by atoms with Crippen LogP contribution in [-0.2, 0) is 4.74 Å². The number of ether oxygens (including phenoxy) is 1. The number of hydrogen-bond acceptors (Lipinski definition) is 4. The molecule has 1 heterocycles. The van der Waals surface area contributed by atoms with Crippen molar-refractivity contribution in [2.24, 2.45) is 0 Å². The van der Waals surface area contributed by atoms with Gasteiger partial charge in [-0.3, -0.25) is 4.90 Å². The standard InChI is InChI=1S/C12H25N3O/c1-14(12-2-3-12)6-4-13-5-7-15-8-10-16-11-9-15/h12-13H,2-11H2,1H3. The second-order valence-electron chi connectivity index (χ2n) is 4.92. The average Bonchev–Trinajstić information content (AvgIpc) is 3.13. The smallest absolute Gasteiger partial charge is 0.0594 e. The summed E-state index contributed by atoms with van der Waals surface area (Å²) in [5, 5.41) is 3.52. The number of rotatable bonds is 7. The number of hydrogen-bond donors (Lipinski definition) is 1. The van der Waals surface area contributed by atoms with Gasteiger partial charge in [-0.25, -0.2) is 0 Å². The van der Waals surface area contributed by atoms with E-state index < -0.39 is 0 Å². The first-order chi connectivity index (χ1) is 7.86. The van der Waals surface area contributed by atoms with Crippen molar-refractivity contribution < 1.29 is 4.74 Å². The summed E-state index contributed by atoms with van der Waals surface area (Å²) in [6.07, 6.45) is 2.81. The van der Waals surface area contributed by atoms with E-state index in [1.54, 1.807) is 0 Å². The molecule has 1 aliphatic heterocycles. The fourth-order valence-electron chi connectivity index (χ4n) is 2.14. The van der Waals surface area contributed by atoms with Crippen LogP contribution in [0.4, 0.5) is 0 Å². The zero-order chi connectivity index (χ0) is 11.2. The van der Waals surface area contributed by atoms with E-state index in [0.29, 0.717) is 0 Å². The van der Waals surface area contributed by atoms with Crippen LogP contribution in [0.3, 0.4) is 0 Å². The van der Waals surface area contributed by atoms with Crippen molar-refractivity contribution in [3.8, 4) is 0 Å². The van der Waals surface area contributed by atoms with E-state index in [2.05, 4.69) is 22.2 Å². The van der Waals surface area contributed by atoms with Gasteiger partial charge in [-0.15, -0.1) is 0 Å². The first kappa shape index (κ1) is 12.3. The first-order valence-electron chi connectivity index (χ1n) is 6.57. The molecule has 0 radical (unpaired) electrons. The Balaban J connectivity index is 1.42. The normalized spacial score (nSPS) is 22.9. The van der Waals surface area contributed by atoms with Crippen LogP contribution in [0, 0.1) is 0 Å². The van der Waals surface area contributed by atoms with Gasteiger partial charge in [-0.2, -0.15) is 0 Å². The zero-order valence-corrected chi connectivity index (χ0v) is 10.5. The molecular weight excluding hydrogens is 202 g/mol. The van der Waals surface area contributed by atoms with Crippen molar-refractivity contribution in [1.29, 1.82) is 0 Å². The van der Waals surface area contributed by atoms with Crippen molar-refractivity contribution in [3.05, 3.63) is 0 Å². The molecule has 94 valence electrons. The summed E-state index contributed by atoms with van der Waals surface area (Å²) in [5.74, 6) is 0. The SMILES string of the molecule is CN(CCNCCN1CCOCC1)C1CC1. The highest BCUT2D eigenvalue weighted by molar-refractivity contribution is 4.82. The Morgan fingerprint density at radius 3 is 2.69 bits per heavy atom. The number of morpholine rings is 1. The van der Waals surface area contributed by atoms with Gasteiger partial charge in [0.15, 0.2) is 0 Å². The van der Waals surface area contributed by atoms with Crippen molar-refractivity contribution in [1.82, 2.24) is 15.1 Å². The Bertz CT molecular complexity index is 191. The highest BCUT2D eigenvalue weighted by Gasteiger charge is 2.25. The molecule has 2 rings (SSSR count). The maximum atomic E-state index is 5.32. The number of nitrogens with zero attached hydrogens (tertiary/aromatic N) is 2. The fraction of sp³-hybridized carbons (Fsp3) is 1.00. The molecule has 2 aliphatic rings. The minimum Gasteiger partial charge on any atom is -0.379 e. The van der Waals surface area contributed by atoms with E-state index in [9.17, 15) is 0 Å². The van der Waals surface area contributed by atoms with Gasteiger partial charge in [-0.1, -0.05) is 0 Å². The molecule has 1 N–H and O–H groups in total. The zero-order valence-electron chi connectivity index (χ0n) is 10.5. The average molecular weight is 227 g/mol. The molecular formula is C12H25N3O. The van der Waals surface area contributed by atoms with Crippen LogP contribution < -0.4 is 5.32 Å². The molecule has 16 heavy (non-hydrogen) atoms. The summed E-state index contributed by atoms with van der Waals surface area (Å²) in [5.41, 5.74) is 0. The molecule has 0 aromatic heterocycles. The van der Waals surface area contributed by atoms with E-state index in [-0.39, 0.29) is 0 Å². The van der Waals surface area contributed by atoms with Crippen LogP contribution in [0.2, 0.25) is 0 Å². The minimum atomic E-state index is 0.890. The highest BCUT2D eigenvalue weighted by Crippen LogP contribution is 2.24. The second kappa shape index (κ2) is 6.55. The quantitative estimate of drug-likeness (QED) is 0.620. The van der Waals surface area contributed by atoms with E-state index in [0.717, 1.165) is 52.0 Å². The summed E-state index contributed by atoms with van der Waals surface area (Å²) >= 11 is 0. The predicted molar refractivity (Wildman–Crippen MR) is 65.8 cm³/mol. The predicted octanol–water partition coefficient (Wildman–Crippen LogP) is 0.00240. The van der Waals surface area contributed by atoms with Crippen LogP contribution in [-0.4, -0.2) is 75.4 Å². The molecule has 0 bridgehead atoms. The van der Waals surface area contributed by atoms with Gasteiger partial charge in [0.2, 0.25) is 0 Å². The molecule has 0 atom stereocenters. The van der Waals surface area contributed by atoms with Gasteiger partial charge < -0.3 is 15.0 Å². The fourth-order valence-corrected chi connectivity index (χ4v) is 2.14. The third-order valence-electron chi connectivity index (χ3n) is 3.52. The molecule has 0 unspecified atom stereocenters. The van der Waals surface area contributed by atoms with Crippen LogP contribution in [0.1, 0.15) is 12.8 Å². The topological polar surface area (TPSA) is 27.7 Å². The Kier molecular flexibility index (Phi) is 5.03. The largest absolute Gasteiger partial charge is 0.379 e. The Hall–Kier alpha value is -0.160. The Labute approximate surface area is 98.9 Å². The third-order valence-corrected chi connectivity index (χ3v) is 3.52. The van der Waals surface area contributed by atoms with Gasteiger partial charge in [0.05, 0.1) is 13.2 Å². The second-order valence-corrected chi connectivity index (χ2v) is 4.92. The lowest BCUT2D eigenvalue weighted by atomic mass is 10.4. The van der Waals surface area contributed by atoms with Crippen LogP contribution >= 0.6 is 0 Å². The molecule has 0 aromatic carbocycles. The van der Waals surface area contributed by atoms with E-state index in [1.807, 2.05) is 0 Å². The van der Waals surface area contributed by atoms with Gasteiger partial charge >= 0.3 is 0 Å². The molecule has 4 heteroatoms. The van der Waals surface area contributed by atoms with Crippen molar-refractivity contribution in [2.45, 2.75) is 18.9 Å². The maximum Gasteiger partial charge on any atom is 0.0594 e. The van der Waals surface area contributed by atoms with Crippen molar-refractivity contribution in [2.75, 3.05) is 59.5 Å². The number of likely N-dealkylation sites (N-methyl/N-ethyl adjacent to an activating group) is 1.